The average Bonchev–Trinajstić information content (AvgIpc) is 2.01. The Morgan fingerprint density at radius 1 is 1.47 bits per heavy atom. The highest BCUT2D eigenvalue weighted by molar-refractivity contribution is 5.82. The molecular formula is C8H8F3NO3. The number of carboxylic acids is 1. The van der Waals surface area contributed by atoms with Crippen LogP contribution in [0.15, 0.2) is 0 Å². The molecule has 0 aromatic carbocycles. The van der Waals surface area contributed by atoms with Gasteiger partial charge in [0.05, 0.1) is 12.5 Å². The van der Waals surface area contributed by atoms with Crippen molar-refractivity contribution in [2.24, 2.45) is 0 Å². The van der Waals surface area contributed by atoms with E-state index >= 15 is 0 Å². The predicted octanol–water partition coefficient (Wildman–Crippen LogP) is 0.531. The van der Waals surface area contributed by atoms with Crippen LogP contribution in [0.5, 0.6) is 0 Å². The minimum atomic E-state index is -5.04. The molecule has 0 heterocycles. The number of hydrogen-bond acceptors (Lipinski definition) is 2. The molecule has 0 aliphatic heterocycles. The van der Waals surface area contributed by atoms with E-state index in [1.807, 2.05) is 5.92 Å². The quantitative estimate of drug-likeness (QED) is 0.683. The van der Waals surface area contributed by atoms with Crippen molar-refractivity contribution in [3.8, 4) is 12.3 Å². The lowest BCUT2D eigenvalue weighted by Crippen LogP contribution is -2.43. The maximum Gasteiger partial charge on any atom is 0.471 e. The molecule has 0 unspecified atom stereocenters. The van der Waals surface area contributed by atoms with Crippen LogP contribution in [0.3, 0.4) is 0 Å². The molecule has 1 amide bonds. The molecule has 0 saturated carbocycles. The van der Waals surface area contributed by atoms with Crippen LogP contribution in [0.2, 0.25) is 0 Å². The van der Waals surface area contributed by atoms with Gasteiger partial charge in [-0.3, -0.25) is 9.59 Å². The number of hydrogen-bond donors (Lipinski definition) is 2. The molecule has 0 rings (SSSR count). The van der Waals surface area contributed by atoms with Gasteiger partial charge in [0.15, 0.2) is 0 Å². The van der Waals surface area contributed by atoms with E-state index in [-0.39, 0.29) is 6.42 Å². The van der Waals surface area contributed by atoms with E-state index in [1.54, 1.807) is 0 Å². The topological polar surface area (TPSA) is 66.4 Å². The van der Waals surface area contributed by atoms with Gasteiger partial charge in [0.1, 0.15) is 0 Å². The van der Waals surface area contributed by atoms with Gasteiger partial charge in [0, 0.05) is 6.42 Å². The second-order valence-corrected chi connectivity index (χ2v) is 2.67. The summed E-state index contributed by atoms with van der Waals surface area (Å²) in [5.74, 6) is -1.54. The third-order valence-electron chi connectivity index (χ3n) is 1.38. The van der Waals surface area contributed by atoms with Crippen LogP contribution < -0.4 is 5.32 Å². The molecule has 0 fully saturated rings. The second kappa shape index (κ2) is 5.24. The minimum Gasteiger partial charge on any atom is -0.481 e. The molecule has 4 nitrogen and oxygen atoms in total. The van der Waals surface area contributed by atoms with Crippen LogP contribution in [-0.2, 0) is 9.59 Å². The summed E-state index contributed by atoms with van der Waals surface area (Å²) in [7, 11) is 0. The number of halogens is 3. The van der Waals surface area contributed by atoms with Crippen LogP contribution in [0.25, 0.3) is 0 Å². The number of alkyl halides is 3. The fourth-order valence-electron chi connectivity index (χ4n) is 0.795. The molecular weight excluding hydrogens is 215 g/mol. The third kappa shape index (κ3) is 5.57. The van der Waals surface area contributed by atoms with Gasteiger partial charge in [0.25, 0.3) is 0 Å². The van der Waals surface area contributed by atoms with Gasteiger partial charge >= 0.3 is 18.1 Å². The maximum atomic E-state index is 11.8. The molecule has 0 saturated heterocycles. The maximum absolute atomic E-state index is 11.8. The smallest absolute Gasteiger partial charge is 0.471 e. The highest BCUT2D eigenvalue weighted by atomic mass is 19.4. The predicted molar refractivity (Wildman–Crippen MR) is 43.7 cm³/mol. The lowest BCUT2D eigenvalue weighted by molar-refractivity contribution is -0.174. The molecule has 2 N–H and O–H groups in total. The monoisotopic (exact) mass is 223 g/mol. The number of terminal acetylenes is 1. The Bertz CT molecular complexity index is 292. The summed E-state index contributed by atoms with van der Waals surface area (Å²) >= 11 is 0. The molecule has 0 aliphatic rings. The zero-order valence-electron chi connectivity index (χ0n) is 7.47. The Hall–Kier alpha value is -1.71. The number of aliphatic carboxylic acids is 1. The van der Waals surface area contributed by atoms with Crippen molar-refractivity contribution >= 4 is 11.9 Å². The van der Waals surface area contributed by atoms with Gasteiger partial charge in [-0.25, -0.2) is 0 Å². The van der Waals surface area contributed by atoms with Crippen LogP contribution in [0.4, 0.5) is 13.2 Å². The van der Waals surface area contributed by atoms with E-state index in [2.05, 4.69) is 0 Å². The van der Waals surface area contributed by atoms with E-state index in [1.165, 1.54) is 5.32 Å². The van der Waals surface area contributed by atoms with E-state index in [4.69, 9.17) is 11.5 Å². The van der Waals surface area contributed by atoms with Crippen molar-refractivity contribution in [2.45, 2.75) is 25.1 Å². The normalized spacial score (nSPS) is 12.7. The first kappa shape index (κ1) is 13.3. The number of amides is 1. The summed E-state index contributed by atoms with van der Waals surface area (Å²) < 4.78 is 35.3. The first-order chi connectivity index (χ1) is 6.77. The van der Waals surface area contributed by atoms with Gasteiger partial charge in [-0.15, -0.1) is 12.3 Å². The van der Waals surface area contributed by atoms with Crippen molar-refractivity contribution in [1.29, 1.82) is 0 Å². The minimum absolute atomic E-state index is 0.270. The number of carboxylic acid groups (broad SMARTS) is 1. The first-order valence-corrected chi connectivity index (χ1v) is 3.80. The first-order valence-electron chi connectivity index (χ1n) is 3.80. The Kier molecular flexibility index (Phi) is 4.64. The van der Waals surface area contributed by atoms with Gasteiger partial charge < -0.3 is 10.4 Å². The number of rotatable bonds is 4. The van der Waals surface area contributed by atoms with E-state index < -0.39 is 30.5 Å². The Morgan fingerprint density at radius 3 is 2.33 bits per heavy atom. The van der Waals surface area contributed by atoms with Gasteiger partial charge in [-0.2, -0.15) is 13.2 Å². The fourth-order valence-corrected chi connectivity index (χ4v) is 0.795. The number of carbonyl (C=O) groups excluding carboxylic acids is 1. The van der Waals surface area contributed by atoms with Gasteiger partial charge in [-0.1, -0.05) is 0 Å². The largest absolute Gasteiger partial charge is 0.481 e. The van der Waals surface area contributed by atoms with Crippen LogP contribution >= 0.6 is 0 Å². The highest BCUT2D eigenvalue weighted by Crippen LogP contribution is 2.15. The molecule has 0 spiro atoms. The molecule has 0 radical (unpaired) electrons. The zero-order valence-corrected chi connectivity index (χ0v) is 7.47. The summed E-state index contributed by atoms with van der Waals surface area (Å²) in [6.07, 6.45) is -1.14. The van der Waals surface area contributed by atoms with Gasteiger partial charge in [0.2, 0.25) is 0 Å². The third-order valence-corrected chi connectivity index (χ3v) is 1.38. The summed E-state index contributed by atoms with van der Waals surface area (Å²) in [4.78, 5) is 20.6. The average molecular weight is 223 g/mol. The molecule has 7 heteroatoms. The lowest BCUT2D eigenvalue weighted by Gasteiger charge is -2.15. The molecule has 0 aromatic heterocycles. The summed E-state index contributed by atoms with van der Waals surface area (Å²) in [5.41, 5.74) is 0. The van der Waals surface area contributed by atoms with Crippen molar-refractivity contribution in [3.05, 3.63) is 0 Å². The number of nitrogens with one attached hydrogen (secondary N) is 1. The Balaban J connectivity index is 4.36. The zero-order chi connectivity index (χ0) is 12.1. The van der Waals surface area contributed by atoms with Crippen LogP contribution in [-0.4, -0.2) is 29.2 Å². The second-order valence-electron chi connectivity index (χ2n) is 2.67. The summed E-state index contributed by atoms with van der Waals surface area (Å²) in [6, 6.07) is -1.21. The van der Waals surface area contributed by atoms with Gasteiger partial charge in [-0.05, 0) is 0 Å². The Morgan fingerprint density at radius 2 is 2.00 bits per heavy atom. The molecule has 15 heavy (non-hydrogen) atoms. The molecule has 0 bridgehead atoms. The van der Waals surface area contributed by atoms with Crippen molar-refractivity contribution < 1.29 is 27.9 Å². The summed E-state index contributed by atoms with van der Waals surface area (Å²) in [5, 5.41) is 9.83. The standard InChI is InChI=1S/C8H8F3NO3/c1-2-3-5(4-6(13)14)12-7(15)8(9,10)11/h1,5H,3-4H2,(H,12,15)(H,13,14)/t5-/m1/s1. The van der Waals surface area contributed by atoms with Crippen molar-refractivity contribution in [3.63, 3.8) is 0 Å². The van der Waals surface area contributed by atoms with E-state index in [0.29, 0.717) is 0 Å². The lowest BCUT2D eigenvalue weighted by atomic mass is 10.1. The van der Waals surface area contributed by atoms with Crippen molar-refractivity contribution in [2.75, 3.05) is 0 Å². The van der Waals surface area contributed by atoms with Crippen LogP contribution in [0, 0.1) is 12.3 Å². The fraction of sp³-hybridized carbons (Fsp3) is 0.500. The number of carbonyl (C=O) groups is 2. The van der Waals surface area contributed by atoms with Crippen LogP contribution in [0.1, 0.15) is 12.8 Å². The highest BCUT2D eigenvalue weighted by Gasteiger charge is 2.39. The van der Waals surface area contributed by atoms with Crippen molar-refractivity contribution in [1.82, 2.24) is 5.32 Å². The molecule has 1 atom stereocenters. The van der Waals surface area contributed by atoms with E-state index in [9.17, 15) is 22.8 Å². The molecule has 84 valence electrons. The molecule has 0 aromatic rings. The Labute approximate surface area is 83.5 Å². The SMILES string of the molecule is C#CC[C@H](CC(=O)O)NC(=O)C(F)(F)F. The van der Waals surface area contributed by atoms with E-state index in [0.717, 1.165) is 0 Å². The molecule has 0 aliphatic carbocycles. The summed E-state index contributed by atoms with van der Waals surface area (Å²) in [6.45, 7) is 0.